The first kappa shape index (κ1) is 21.3. The molecule has 0 bridgehead atoms. The van der Waals surface area contributed by atoms with E-state index in [4.69, 9.17) is 0 Å². The third kappa shape index (κ3) is 4.89. The minimum atomic E-state index is -0.286. The number of carbonyl (C=O) groups excluding carboxylic acids is 1. The lowest BCUT2D eigenvalue weighted by atomic mass is 9.96. The average Bonchev–Trinajstić information content (AvgIpc) is 3.31. The second-order valence-electron chi connectivity index (χ2n) is 7.18. The van der Waals surface area contributed by atoms with E-state index >= 15 is 0 Å². The number of amides is 1. The van der Waals surface area contributed by atoms with Crippen LogP contribution in [0.2, 0.25) is 0 Å². The van der Waals surface area contributed by atoms with Crippen LogP contribution in [0, 0.1) is 17.1 Å². The first-order valence-electron chi connectivity index (χ1n) is 9.90. The predicted octanol–water partition coefficient (Wildman–Crippen LogP) is 4.11. The normalized spacial score (nSPS) is 12.8. The number of nitrogens with one attached hydrogen (secondary N) is 2. The second-order valence-corrected chi connectivity index (χ2v) is 9.23. The molecule has 0 aliphatic heterocycles. The van der Waals surface area contributed by atoms with Gasteiger partial charge in [0.05, 0.1) is 17.9 Å². The summed E-state index contributed by atoms with van der Waals surface area (Å²) in [5.74, 6) is 0.412. The highest BCUT2D eigenvalue weighted by Gasteiger charge is 2.22. The molecule has 0 saturated carbocycles. The van der Waals surface area contributed by atoms with E-state index in [1.165, 1.54) is 40.1 Å². The van der Waals surface area contributed by atoms with Crippen LogP contribution in [0.15, 0.2) is 29.4 Å². The molecule has 160 valence electrons. The van der Waals surface area contributed by atoms with Crippen molar-refractivity contribution < 1.29 is 9.18 Å². The Bertz CT molecular complexity index is 1130. The molecule has 3 aromatic rings. The fourth-order valence-electron chi connectivity index (χ4n) is 3.44. The molecule has 4 rings (SSSR count). The smallest absolute Gasteiger partial charge is 0.235 e. The average molecular weight is 457 g/mol. The molecule has 10 heteroatoms. The molecule has 7 nitrogen and oxygen atoms in total. The highest BCUT2D eigenvalue weighted by Crippen LogP contribution is 2.37. The molecule has 2 aromatic heterocycles. The summed E-state index contributed by atoms with van der Waals surface area (Å²) in [6.45, 7) is 0.425. The zero-order chi connectivity index (χ0) is 21.8. The maximum Gasteiger partial charge on any atom is 0.235 e. The number of carbonyl (C=O) groups is 1. The van der Waals surface area contributed by atoms with Crippen LogP contribution in [0.4, 0.5) is 15.1 Å². The zero-order valence-electron chi connectivity index (χ0n) is 16.9. The van der Waals surface area contributed by atoms with Gasteiger partial charge in [-0.05, 0) is 55.5 Å². The van der Waals surface area contributed by atoms with Crippen molar-refractivity contribution in [1.82, 2.24) is 14.8 Å². The number of nitriles is 1. The molecule has 0 atom stereocenters. The molecule has 2 N–H and O–H groups in total. The van der Waals surface area contributed by atoms with Gasteiger partial charge >= 0.3 is 0 Å². The van der Waals surface area contributed by atoms with Crippen LogP contribution in [0.5, 0.6) is 0 Å². The Hall–Kier alpha value is -2.90. The fraction of sp³-hybridized carbons (Fsp3) is 0.333. The standard InChI is InChI=1S/C21H21FN6OS2/c1-28-18(11-24-14-8-6-13(22)7-9-14)26-27-21(28)30-12-19(29)25-20-16(10-23)15-4-2-3-5-17(15)31-20/h6-9,24H,2-5,11-12H2,1H3,(H,25,29). The van der Waals surface area contributed by atoms with Gasteiger partial charge < -0.3 is 15.2 Å². The quantitative estimate of drug-likeness (QED) is 0.520. The Morgan fingerprint density at radius 1 is 1.29 bits per heavy atom. The Kier molecular flexibility index (Phi) is 6.53. The van der Waals surface area contributed by atoms with E-state index < -0.39 is 0 Å². The fourth-order valence-corrected chi connectivity index (χ4v) is 5.42. The van der Waals surface area contributed by atoms with Crippen LogP contribution >= 0.6 is 23.1 Å². The molecule has 0 saturated heterocycles. The number of hydrogen-bond acceptors (Lipinski definition) is 7. The number of nitrogens with zero attached hydrogens (tertiary/aromatic N) is 4. The Balaban J connectivity index is 1.33. The van der Waals surface area contributed by atoms with E-state index in [2.05, 4.69) is 26.9 Å². The topological polar surface area (TPSA) is 95.6 Å². The van der Waals surface area contributed by atoms with E-state index in [9.17, 15) is 14.4 Å². The first-order valence-corrected chi connectivity index (χ1v) is 11.7. The number of benzene rings is 1. The second kappa shape index (κ2) is 9.49. The van der Waals surface area contributed by atoms with Crippen molar-refractivity contribution in [3.63, 3.8) is 0 Å². The van der Waals surface area contributed by atoms with Gasteiger partial charge in [-0.3, -0.25) is 4.79 Å². The van der Waals surface area contributed by atoms with Gasteiger partial charge in [-0.1, -0.05) is 11.8 Å². The molecular weight excluding hydrogens is 435 g/mol. The van der Waals surface area contributed by atoms with Crippen LogP contribution < -0.4 is 10.6 Å². The predicted molar refractivity (Wildman–Crippen MR) is 120 cm³/mol. The number of thioether (sulfide) groups is 1. The number of rotatable bonds is 7. The molecule has 1 aliphatic carbocycles. The SMILES string of the molecule is Cn1c(CNc2ccc(F)cc2)nnc1SCC(=O)Nc1sc2c(c1C#N)CCCC2. The lowest BCUT2D eigenvalue weighted by Gasteiger charge is -2.09. The highest BCUT2D eigenvalue weighted by molar-refractivity contribution is 7.99. The molecular formula is C21H21FN6OS2. The van der Waals surface area contributed by atoms with E-state index in [1.807, 2.05) is 11.6 Å². The van der Waals surface area contributed by atoms with Gasteiger partial charge in [-0.25, -0.2) is 4.39 Å². The van der Waals surface area contributed by atoms with Crippen molar-refractivity contribution >= 4 is 39.7 Å². The third-order valence-electron chi connectivity index (χ3n) is 5.09. The Labute approximate surface area is 187 Å². The number of anilines is 2. The van der Waals surface area contributed by atoms with Gasteiger partial charge in [-0.15, -0.1) is 21.5 Å². The van der Waals surface area contributed by atoms with E-state index in [-0.39, 0.29) is 17.5 Å². The summed E-state index contributed by atoms with van der Waals surface area (Å²) in [5.41, 5.74) is 2.50. The van der Waals surface area contributed by atoms with Crippen LogP contribution in [0.25, 0.3) is 0 Å². The molecule has 0 unspecified atom stereocenters. The molecule has 31 heavy (non-hydrogen) atoms. The maximum absolute atomic E-state index is 13.0. The van der Waals surface area contributed by atoms with E-state index in [0.29, 0.717) is 28.1 Å². The van der Waals surface area contributed by atoms with Gasteiger partial charge in [0.2, 0.25) is 5.91 Å². The number of aryl methyl sites for hydroxylation is 1. The van der Waals surface area contributed by atoms with Gasteiger partial charge in [0, 0.05) is 17.6 Å². The minimum absolute atomic E-state index is 0.171. The third-order valence-corrected chi connectivity index (χ3v) is 7.32. The van der Waals surface area contributed by atoms with Crippen molar-refractivity contribution in [2.45, 2.75) is 37.4 Å². The van der Waals surface area contributed by atoms with Crippen LogP contribution in [0.3, 0.4) is 0 Å². The molecule has 0 fully saturated rings. The van der Waals surface area contributed by atoms with Crippen LogP contribution in [-0.2, 0) is 31.2 Å². The summed E-state index contributed by atoms with van der Waals surface area (Å²) in [7, 11) is 1.84. The maximum atomic E-state index is 13.0. The van der Waals surface area contributed by atoms with Crippen molar-refractivity contribution in [2.24, 2.45) is 7.05 Å². The highest BCUT2D eigenvalue weighted by atomic mass is 32.2. The Morgan fingerprint density at radius 3 is 2.84 bits per heavy atom. The van der Waals surface area contributed by atoms with E-state index in [1.54, 1.807) is 12.1 Å². The summed E-state index contributed by atoms with van der Waals surface area (Å²) in [4.78, 5) is 13.7. The first-order chi connectivity index (χ1) is 15.0. The monoisotopic (exact) mass is 456 g/mol. The number of hydrogen-bond donors (Lipinski definition) is 2. The van der Waals surface area contributed by atoms with E-state index in [0.717, 1.165) is 36.9 Å². The van der Waals surface area contributed by atoms with Gasteiger partial charge in [0.25, 0.3) is 0 Å². The summed E-state index contributed by atoms with van der Waals surface area (Å²) >= 11 is 2.81. The lowest BCUT2D eigenvalue weighted by Crippen LogP contribution is -2.14. The minimum Gasteiger partial charge on any atom is -0.378 e. The number of thiophene rings is 1. The molecule has 1 aromatic carbocycles. The largest absolute Gasteiger partial charge is 0.378 e. The summed E-state index contributed by atoms with van der Waals surface area (Å²) < 4.78 is 14.8. The van der Waals surface area contributed by atoms with Crippen LogP contribution in [0.1, 0.15) is 34.7 Å². The van der Waals surface area contributed by atoms with Crippen molar-refractivity contribution in [1.29, 1.82) is 5.26 Å². The molecule has 1 amide bonds. The van der Waals surface area contributed by atoms with Gasteiger partial charge in [0.15, 0.2) is 11.0 Å². The zero-order valence-corrected chi connectivity index (χ0v) is 18.6. The number of aromatic nitrogens is 3. The molecule has 2 heterocycles. The summed E-state index contributed by atoms with van der Waals surface area (Å²) in [5, 5.41) is 25.2. The number of fused-ring (bicyclic) bond motifs is 1. The van der Waals surface area contributed by atoms with Crippen molar-refractivity contribution in [3.05, 3.63) is 51.9 Å². The van der Waals surface area contributed by atoms with Crippen molar-refractivity contribution in [2.75, 3.05) is 16.4 Å². The molecule has 0 radical (unpaired) electrons. The Morgan fingerprint density at radius 2 is 2.06 bits per heavy atom. The van der Waals surface area contributed by atoms with Crippen LogP contribution in [-0.4, -0.2) is 26.4 Å². The molecule has 0 spiro atoms. The summed E-state index contributed by atoms with van der Waals surface area (Å²) in [6.07, 6.45) is 4.11. The lowest BCUT2D eigenvalue weighted by molar-refractivity contribution is -0.113. The molecule has 1 aliphatic rings. The van der Waals surface area contributed by atoms with Gasteiger partial charge in [0.1, 0.15) is 16.9 Å². The summed E-state index contributed by atoms with van der Waals surface area (Å²) in [6, 6.07) is 8.35. The van der Waals surface area contributed by atoms with Crippen molar-refractivity contribution in [3.8, 4) is 6.07 Å². The van der Waals surface area contributed by atoms with Gasteiger partial charge in [-0.2, -0.15) is 5.26 Å². The number of halogens is 1.